The molecular weight excluding hydrogens is 418 g/mol. The van der Waals surface area contributed by atoms with E-state index < -0.39 is 0 Å². The van der Waals surface area contributed by atoms with Crippen molar-refractivity contribution >= 4 is 23.1 Å². The van der Waals surface area contributed by atoms with E-state index in [0.29, 0.717) is 66.9 Å². The second kappa shape index (κ2) is 9.77. The Hall–Kier alpha value is -3.16. The van der Waals surface area contributed by atoms with E-state index in [-0.39, 0.29) is 18.4 Å². The number of ether oxygens (including phenoxy) is 1. The average Bonchev–Trinajstić information content (AvgIpc) is 3.09. The van der Waals surface area contributed by atoms with Crippen molar-refractivity contribution in [1.29, 1.82) is 0 Å². The van der Waals surface area contributed by atoms with Crippen molar-refractivity contribution in [3.8, 4) is 5.75 Å². The number of methoxy groups -OCH3 is 1. The molecule has 2 aliphatic rings. The van der Waals surface area contributed by atoms with E-state index in [0.717, 1.165) is 5.56 Å². The lowest BCUT2D eigenvalue weighted by Crippen LogP contribution is -2.48. The minimum Gasteiger partial charge on any atom is -0.496 e. The Morgan fingerprint density at radius 2 is 1.61 bits per heavy atom. The van der Waals surface area contributed by atoms with Crippen molar-refractivity contribution in [1.82, 2.24) is 9.80 Å². The van der Waals surface area contributed by atoms with Crippen LogP contribution in [-0.4, -0.2) is 73.2 Å². The van der Waals surface area contributed by atoms with Crippen LogP contribution in [0.4, 0.5) is 5.69 Å². The van der Waals surface area contributed by atoms with Gasteiger partial charge in [0, 0.05) is 38.3 Å². The van der Waals surface area contributed by atoms with Crippen LogP contribution in [0.3, 0.4) is 0 Å². The quantitative estimate of drug-likeness (QED) is 0.656. The zero-order chi connectivity index (χ0) is 23.5. The molecule has 2 aliphatic heterocycles. The smallest absolute Gasteiger partial charge is 0.282 e. The van der Waals surface area contributed by atoms with Crippen LogP contribution in [0.5, 0.6) is 5.75 Å². The molecule has 0 aliphatic carbocycles. The predicted molar refractivity (Wildman–Crippen MR) is 128 cm³/mol. The van der Waals surface area contributed by atoms with Crippen LogP contribution >= 0.6 is 0 Å². The number of piperazine rings is 1. The predicted octanol–water partition coefficient (Wildman–Crippen LogP) is 2.71. The number of β-amino-alcohol motifs (C(OH)–C–C–N with tert-alkyl or cyclic N) is 1. The van der Waals surface area contributed by atoms with Crippen molar-refractivity contribution in [3.63, 3.8) is 0 Å². The Labute approximate surface area is 194 Å². The Bertz CT molecular complexity index is 1050. The summed E-state index contributed by atoms with van der Waals surface area (Å²) in [5.74, 6) is 0.266. The summed E-state index contributed by atoms with van der Waals surface area (Å²) in [7, 11) is 1.57. The summed E-state index contributed by atoms with van der Waals surface area (Å²) in [6, 6.07) is 14.9. The van der Waals surface area contributed by atoms with Gasteiger partial charge < -0.3 is 14.7 Å². The number of aliphatic hydroxyl groups is 1. The van der Waals surface area contributed by atoms with Gasteiger partial charge >= 0.3 is 0 Å². The molecule has 33 heavy (non-hydrogen) atoms. The maximum Gasteiger partial charge on any atom is 0.282 e. The molecule has 0 aromatic heterocycles. The highest BCUT2D eigenvalue weighted by molar-refractivity contribution is 6.45. The van der Waals surface area contributed by atoms with Crippen LogP contribution in [-0.2, 0) is 9.59 Å². The summed E-state index contributed by atoms with van der Waals surface area (Å²) >= 11 is 0. The summed E-state index contributed by atoms with van der Waals surface area (Å²) in [6.45, 7) is 7.57. The van der Waals surface area contributed by atoms with Gasteiger partial charge in [-0.15, -0.1) is 0 Å². The van der Waals surface area contributed by atoms with Gasteiger partial charge in [-0.05, 0) is 29.7 Å². The lowest BCUT2D eigenvalue weighted by atomic mass is 10.0. The Balaban J connectivity index is 1.75. The van der Waals surface area contributed by atoms with Gasteiger partial charge in [0.2, 0.25) is 0 Å². The number of imide groups is 1. The first-order valence-electron chi connectivity index (χ1n) is 11.4. The molecule has 0 radical (unpaired) electrons. The number of anilines is 1. The monoisotopic (exact) mass is 449 g/mol. The first kappa shape index (κ1) is 23.0. The Morgan fingerprint density at radius 1 is 0.939 bits per heavy atom. The van der Waals surface area contributed by atoms with Gasteiger partial charge in [0.1, 0.15) is 11.4 Å². The Kier molecular flexibility index (Phi) is 6.81. The number of hydrogen-bond donors (Lipinski definition) is 1. The molecule has 1 fully saturated rings. The van der Waals surface area contributed by atoms with Crippen molar-refractivity contribution in [2.75, 3.05) is 51.3 Å². The lowest BCUT2D eigenvalue weighted by molar-refractivity contribution is -0.120. The molecule has 1 N–H and O–H groups in total. The van der Waals surface area contributed by atoms with Crippen LogP contribution in [0.1, 0.15) is 30.9 Å². The average molecular weight is 450 g/mol. The van der Waals surface area contributed by atoms with Crippen LogP contribution in [0.2, 0.25) is 0 Å². The number of amides is 2. The van der Waals surface area contributed by atoms with E-state index in [1.165, 1.54) is 4.90 Å². The van der Waals surface area contributed by atoms with Gasteiger partial charge in [-0.25, -0.2) is 4.90 Å². The zero-order valence-electron chi connectivity index (χ0n) is 19.5. The molecule has 0 saturated carbocycles. The van der Waals surface area contributed by atoms with Gasteiger partial charge in [0.05, 0.1) is 25.0 Å². The minimum absolute atomic E-state index is 0.104. The fourth-order valence-electron chi connectivity index (χ4n) is 4.48. The number of rotatable bonds is 7. The van der Waals surface area contributed by atoms with Gasteiger partial charge in [-0.2, -0.15) is 0 Å². The molecule has 1 saturated heterocycles. The van der Waals surface area contributed by atoms with Crippen molar-refractivity contribution in [3.05, 3.63) is 65.4 Å². The standard InChI is InChI=1S/C26H31N3O4/c1-18(2)19-8-10-20(11-9-19)29-25(31)23(21-6-4-5-7-22(21)33-3)24(26(29)32)28-14-12-27(13-15-28)16-17-30/h4-11,18,30H,12-17H2,1-3H3. The molecule has 2 aromatic carbocycles. The van der Waals surface area contributed by atoms with Crippen molar-refractivity contribution in [2.45, 2.75) is 19.8 Å². The van der Waals surface area contributed by atoms with Gasteiger partial charge in [0.25, 0.3) is 11.8 Å². The van der Waals surface area contributed by atoms with Crippen molar-refractivity contribution < 1.29 is 19.4 Å². The first-order chi connectivity index (χ1) is 16.0. The van der Waals surface area contributed by atoms with Crippen LogP contribution in [0.15, 0.2) is 54.2 Å². The topological polar surface area (TPSA) is 73.3 Å². The fraction of sp³-hybridized carbons (Fsp3) is 0.385. The second-order valence-corrected chi connectivity index (χ2v) is 8.67. The summed E-state index contributed by atoms with van der Waals surface area (Å²) in [5, 5.41) is 9.25. The number of carbonyl (C=O) groups is 2. The molecule has 2 heterocycles. The van der Waals surface area contributed by atoms with Gasteiger partial charge in [-0.3, -0.25) is 14.5 Å². The molecule has 0 unspecified atom stereocenters. The number of aliphatic hydroxyl groups excluding tert-OH is 1. The summed E-state index contributed by atoms with van der Waals surface area (Å²) < 4.78 is 5.54. The third-order valence-electron chi connectivity index (χ3n) is 6.36. The largest absolute Gasteiger partial charge is 0.496 e. The number of hydrogen-bond acceptors (Lipinski definition) is 6. The van der Waals surface area contributed by atoms with E-state index in [1.807, 2.05) is 47.4 Å². The normalized spacial score (nSPS) is 17.5. The molecule has 7 heteroatoms. The van der Waals surface area contributed by atoms with E-state index >= 15 is 0 Å². The van der Waals surface area contributed by atoms with E-state index in [9.17, 15) is 14.7 Å². The molecular formula is C26H31N3O4. The molecule has 4 rings (SSSR count). The number of carbonyl (C=O) groups excluding carboxylic acids is 2. The third kappa shape index (κ3) is 4.38. The van der Waals surface area contributed by atoms with Crippen molar-refractivity contribution in [2.24, 2.45) is 0 Å². The molecule has 2 aromatic rings. The molecule has 2 amide bonds. The lowest BCUT2D eigenvalue weighted by Gasteiger charge is -2.36. The van der Waals surface area contributed by atoms with E-state index in [4.69, 9.17) is 4.74 Å². The van der Waals surface area contributed by atoms with Crippen LogP contribution in [0, 0.1) is 0 Å². The minimum atomic E-state index is -0.338. The summed E-state index contributed by atoms with van der Waals surface area (Å²) in [6.07, 6.45) is 0. The van der Waals surface area contributed by atoms with Gasteiger partial charge in [-0.1, -0.05) is 44.2 Å². The SMILES string of the molecule is COc1ccccc1C1=C(N2CCN(CCO)CC2)C(=O)N(c2ccc(C(C)C)cc2)C1=O. The van der Waals surface area contributed by atoms with E-state index in [1.54, 1.807) is 13.2 Å². The van der Waals surface area contributed by atoms with Crippen LogP contribution in [0.25, 0.3) is 5.57 Å². The highest BCUT2D eigenvalue weighted by atomic mass is 16.5. The number of para-hydroxylation sites is 1. The molecule has 7 nitrogen and oxygen atoms in total. The van der Waals surface area contributed by atoms with Crippen LogP contribution < -0.4 is 9.64 Å². The molecule has 0 spiro atoms. The Morgan fingerprint density at radius 3 is 2.21 bits per heavy atom. The summed E-state index contributed by atoms with van der Waals surface area (Å²) in [4.78, 5) is 32.9. The highest BCUT2D eigenvalue weighted by Gasteiger charge is 2.43. The maximum absolute atomic E-state index is 13.7. The number of benzene rings is 2. The fourth-order valence-corrected chi connectivity index (χ4v) is 4.48. The zero-order valence-corrected chi connectivity index (χ0v) is 19.5. The third-order valence-corrected chi connectivity index (χ3v) is 6.36. The highest BCUT2D eigenvalue weighted by Crippen LogP contribution is 2.38. The second-order valence-electron chi connectivity index (χ2n) is 8.67. The van der Waals surface area contributed by atoms with E-state index in [2.05, 4.69) is 18.7 Å². The molecule has 0 bridgehead atoms. The maximum atomic E-state index is 13.7. The summed E-state index contributed by atoms with van der Waals surface area (Å²) in [5.41, 5.74) is 3.13. The van der Waals surface area contributed by atoms with Gasteiger partial charge in [0.15, 0.2) is 0 Å². The molecule has 174 valence electrons. The molecule has 0 atom stereocenters. The first-order valence-corrected chi connectivity index (χ1v) is 11.4. The number of nitrogens with zero attached hydrogens (tertiary/aromatic N) is 3.